The zero-order chi connectivity index (χ0) is 16.6. The molecule has 9 heteroatoms. The summed E-state index contributed by atoms with van der Waals surface area (Å²) in [6.45, 7) is 0. The number of amides is 1. The van der Waals surface area contributed by atoms with Crippen LogP contribution in [0.4, 0.5) is 23.2 Å². The number of rotatable bonds is 2. The fraction of sp³-hybridized carbons (Fsp3) is 0.0714. The van der Waals surface area contributed by atoms with Gasteiger partial charge in [0.15, 0.2) is 5.65 Å². The first kappa shape index (κ1) is 14.9. The quantitative estimate of drug-likeness (QED) is 0.737. The highest BCUT2D eigenvalue weighted by Gasteiger charge is 2.31. The molecule has 23 heavy (non-hydrogen) atoms. The van der Waals surface area contributed by atoms with E-state index in [-0.39, 0.29) is 11.2 Å². The lowest BCUT2D eigenvalue weighted by molar-refractivity contribution is -0.137. The Hall–Kier alpha value is -2.97. The third-order valence-electron chi connectivity index (χ3n) is 3.07. The summed E-state index contributed by atoms with van der Waals surface area (Å²) >= 11 is 0. The minimum atomic E-state index is -4.64. The van der Waals surface area contributed by atoms with Crippen LogP contribution in [0.25, 0.3) is 5.65 Å². The van der Waals surface area contributed by atoms with Crippen LogP contribution in [-0.4, -0.2) is 20.5 Å². The third-order valence-corrected chi connectivity index (χ3v) is 3.07. The van der Waals surface area contributed by atoms with Gasteiger partial charge in [-0.1, -0.05) is 0 Å². The number of carbonyl (C=O) groups excluding carboxylic acids is 1. The van der Waals surface area contributed by atoms with Crippen LogP contribution in [0.1, 0.15) is 15.9 Å². The molecule has 0 atom stereocenters. The second kappa shape index (κ2) is 5.34. The van der Waals surface area contributed by atoms with E-state index in [1.165, 1.54) is 16.9 Å². The molecule has 2 heterocycles. The lowest BCUT2D eigenvalue weighted by atomic mass is 10.1. The lowest BCUT2D eigenvalue weighted by Crippen LogP contribution is -2.14. The molecule has 0 bridgehead atoms. The zero-order valence-corrected chi connectivity index (χ0v) is 11.3. The summed E-state index contributed by atoms with van der Waals surface area (Å²) in [5, 5.41) is 5.99. The predicted molar refractivity (Wildman–Crippen MR) is 72.3 cm³/mol. The van der Waals surface area contributed by atoms with E-state index in [4.69, 9.17) is 0 Å². The van der Waals surface area contributed by atoms with Crippen molar-refractivity contribution in [2.75, 3.05) is 5.32 Å². The Morgan fingerprint density at radius 1 is 1.26 bits per heavy atom. The Morgan fingerprint density at radius 3 is 2.78 bits per heavy atom. The minimum absolute atomic E-state index is 0.0161. The monoisotopic (exact) mass is 324 g/mol. The summed E-state index contributed by atoms with van der Waals surface area (Å²) < 4.78 is 53.0. The van der Waals surface area contributed by atoms with Gasteiger partial charge in [0, 0.05) is 12.4 Å². The second-order valence-corrected chi connectivity index (χ2v) is 4.59. The fourth-order valence-corrected chi connectivity index (χ4v) is 1.97. The van der Waals surface area contributed by atoms with Gasteiger partial charge in [0.05, 0.1) is 17.4 Å². The van der Waals surface area contributed by atoms with Crippen molar-refractivity contribution in [2.45, 2.75) is 6.18 Å². The molecule has 0 aliphatic heterocycles. The Labute approximate surface area is 126 Å². The van der Waals surface area contributed by atoms with Crippen LogP contribution in [0.2, 0.25) is 0 Å². The SMILES string of the molecule is O=C(Nc1cc(C(F)(F)F)ccc1F)c1cnn2cccnc12. The van der Waals surface area contributed by atoms with Gasteiger partial charge in [0.25, 0.3) is 5.91 Å². The number of halogens is 4. The van der Waals surface area contributed by atoms with Crippen LogP contribution in [0.15, 0.2) is 42.9 Å². The first-order valence-electron chi connectivity index (χ1n) is 6.33. The van der Waals surface area contributed by atoms with E-state index in [0.717, 1.165) is 0 Å². The maximum absolute atomic E-state index is 13.7. The van der Waals surface area contributed by atoms with Crippen LogP contribution < -0.4 is 5.32 Å². The Kier molecular flexibility index (Phi) is 3.47. The number of anilines is 1. The summed E-state index contributed by atoms with van der Waals surface area (Å²) in [5.41, 5.74) is -1.41. The summed E-state index contributed by atoms with van der Waals surface area (Å²) in [4.78, 5) is 16.1. The average Bonchev–Trinajstić information content (AvgIpc) is 2.92. The summed E-state index contributed by atoms with van der Waals surface area (Å²) in [6, 6.07) is 3.37. The predicted octanol–water partition coefficient (Wildman–Crippen LogP) is 3.14. The van der Waals surface area contributed by atoms with Gasteiger partial charge >= 0.3 is 6.18 Å². The molecular formula is C14H8F4N4O. The van der Waals surface area contributed by atoms with Crippen molar-refractivity contribution in [1.29, 1.82) is 0 Å². The van der Waals surface area contributed by atoms with Crippen molar-refractivity contribution >= 4 is 17.2 Å². The van der Waals surface area contributed by atoms with E-state index < -0.39 is 29.2 Å². The normalized spacial score (nSPS) is 11.7. The van der Waals surface area contributed by atoms with Crippen molar-refractivity contribution in [3.05, 3.63) is 59.8 Å². The number of nitrogens with zero attached hydrogens (tertiary/aromatic N) is 3. The number of fused-ring (bicyclic) bond motifs is 1. The van der Waals surface area contributed by atoms with Gasteiger partial charge in [-0.25, -0.2) is 13.9 Å². The Balaban J connectivity index is 1.94. The number of hydrogen-bond donors (Lipinski definition) is 1. The number of nitrogens with one attached hydrogen (secondary N) is 1. The molecule has 3 rings (SSSR count). The van der Waals surface area contributed by atoms with Gasteiger partial charge in [0.2, 0.25) is 0 Å². The van der Waals surface area contributed by atoms with Gasteiger partial charge in [0.1, 0.15) is 11.4 Å². The molecule has 118 valence electrons. The van der Waals surface area contributed by atoms with Crippen LogP contribution in [-0.2, 0) is 6.18 Å². The number of hydrogen-bond acceptors (Lipinski definition) is 3. The average molecular weight is 324 g/mol. The van der Waals surface area contributed by atoms with Crippen LogP contribution in [0.5, 0.6) is 0 Å². The molecule has 0 aliphatic carbocycles. The number of carbonyl (C=O) groups is 1. The molecule has 0 saturated carbocycles. The molecule has 1 N–H and O–H groups in total. The standard InChI is InChI=1S/C14H8F4N4O/c15-10-3-2-8(14(16,17)18)6-11(10)21-13(23)9-7-20-22-5-1-4-19-12(9)22/h1-7H,(H,21,23). The van der Waals surface area contributed by atoms with E-state index in [9.17, 15) is 22.4 Å². The second-order valence-electron chi connectivity index (χ2n) is 4.59. The molecule has 0 fully saturated rings. The molecule has 0 radical (unpaired) electrons. The zero-order valence-electron chi connectivity index (χ0n) is 11.3. The van der Waals surface area contributed by atoms with Gasteiger partial charge in [-0.05, 0) is 24.3 Å². The molecular weight excluding hydrogens is 316 g/mol. The van der Waals surface area contributed by atoms with Gasteiger partial charge in [-0.2, -0.15) is 18.3 Å². The Morgan fingerprint density at radius 2 is 2.04 bits per heavy atom. The molecule has 0 saturated heterocycles. The highest BCUT2D eigenvalue weighted by Crippen LogP contribution is 2.32. The first-order valence-corrected chi connectivity index (χ1v) is 6.33. The smallest absolute Gasteiger partial charge is 0.319 e. The van der Waals surface area contributed by atoms with E-state index in [1.54, 1.807) is 12.3 Å². The van der Waals surface area contributed by atoms with Gasteiger partial charge < -0.3 is 5.32 Å². The van der Waals surface area contributed by atoms with Crippen molar-refractivity contribution in [2.24, 2.45) is 0 Å². The van der Waals surface area contributed by atoms with Crippen molar-refractivity contribution < 1.29 is 22.4 Å². The summed E-state index contributed by atoms with van der Waals surface area (Å²) in [7, 11) is 0. The molecule has 1 amide bonds. The highest BCUT2D eigenvalue weighted by molar-refractivity contribution is 6.08. The minimum Gasteiger partial charge on any atom is -0.319 e. The molecule has 0 unspecified atom stereocenters. The molecule has 0 spiro atoms. The molecule has 1 aromatic carbocycles. The maximum atomic E-state index is 13.7. The van der Waals surface area contributed by atoms with Crippen molar-refractivity contribution in [1.82, 2.24) is 14.6 Å². The fourth-order valence-electron chi connectivity index (χ4n) is 1.97. The number of benzene rings is 1. The van der Waals surface area contributed by atoms with Crippen molar-refractivity contribution in [3.8, 4) is 0 Å². The van der Waals surface area contributed by atoms with Gasteiger partial charge in [-0.15, -0.1) is 0 Å². The Bertz CT molecular complexity index is 888. The molecule has 2 aromatic heterocycles. The van der Waals surface area contributed by atoms with E-state index in [2.05, 4.69) is 15.4 Å². The summed E-state index contributed by atoms with van der Waals surface area (Å²) in [5.74, 6) is -1.78. The maximum Gasteiger partial charge on any atom is 0.416 e. The van der Waals surface area contributed by atoms with Crippen molar-refractivity contribution in [3.63, 3.8) is 0 Å². The van der Waals surface area contributed by atoms with Crippen LogP contribution in [0, 0.1) is 5.82 Å². The number of alkyl halides is 3. The van der Waals surface area contributed by atoms with E-state index in [1.807, 2.05) is 0 Å². The molecule has 3 aromatic rings. The molecule has 0 aliphatic rings. The first-order chi connectivity index (χ1) is 10.9. The highest BCUT2D eigenvalue weighted by atomic mass is 19.4. The van der Waals surface area contributed by atoms with Gasteiger partial charge in [-0.3, -0.25) is 4.79 Å². The largest absolute Gasteiger partial charge is 0.416 e. The van der Waals surface area contributed by atoms with Crippen LogP contribution in [0.3, 0.4) is 0 Å². The third kappa shape index (κ3) is 2.85. The molecule has 5 nitrogen and oxygen atoms in total. The topological polar surface area (TPSA) is 59.3 Å². The number of aromatic nitrogens is 3. The summed E-state index contributed by atoms with van der Waals surface area (Å²) in [6.07, 6.45) is -0.467. The van der Waals surface area contributed by atoms with E-state index >= 15 is 0 Å². The lowest BCUT2D eigenvalue weighted by Gasteiger charge is -2.10. The van der Waals surface area contributed by atoms with Crippen LogP contribution >= 0.6 is 0 Å². The van der Waals surface area contributed by atoms with E-state index in [0.29, 0.717) is 18.2 Å².